The largest absolute Gasteiger partial charge is 0.356 e. The molecule has 0 saturated carbocycles. The number of urea groups is 1. The lowest BCUT2D eigenvalue weighted by Gasteiger charge is -2.33. The van der Waals surface area contributed by atoms with E-state index >= 15 is 0 Å². The molecule has 1 atom stereocenters. The van der Waals surface area contributed by atoms with Gasteiger partial charge in [-0.15, -0.1) is 0 Å². The number of hydrogen-bond donors (Lipinski definition) is 1. The molecule has 3 aromatic rings. The van der Waals surface area contributed by atoms with Gasteiger partial charge in [-0.3, -0.25) is 9.69 Å². The Balaban J connectivity index is 1.43. The normalized spacial score (nSPS) is 21.1. The lowest BCUT2D eigenvalue weighted by Crippen LogP contribution is -2.46. The van der Waals surface area contributed by atoms with Gasteiger partial charge in [0.05, 0.1) is 6.54 Å². The van der Waals surface area contributed by atoms with Crippen LogP contribution in [-0.4, -0.2) is 22.0 Å². The van der Waals surface area contributed by atoms with Crippen LogP contribution in [-0.2, 0) is 23.3 Å². The number of rotatable bonds is 3. The fourth-order valence-corrected chi connectivity index (χ4v) is 4.24. The third-order valence-corrected chi connectivity index (χ3v) is 5.59. The first-order valence-corrected chi connectivity index (χ1v) is 9.41. The lowest BCUT2D eigenvalue weighted by molar-refractivity contribution is -0.132. The van der Waals surface area contributed by atoms with E-state index in [0.717, 1.165) is 29.5 Å². The molecule has 0 unspecified atom stereocenters. The molecule has 3 amide bonds. The van der Waals surface area contributed by atoms with Gasteiger partial charge < -0.3 is 9.84 Å². The summed E-state index contributed by atoms with van der Waals surface area (Å²) in [5, 5.41) is 7.02. The van der Waals surface area contributed by atoms with Gasteiger partial charge in [0.1, 0.15) is 11.2 Å². The Morgan fingerprint density at radius 3 is 2.71 bits per heavy atom. The zero-order chi connectivity index (χ0) is 19.1. The van der Waals surface area contributed by atoms with Gasteiger partial charge in [0, 0.05) is 11.6 Å². The van der Waals surface area contributed by atoms with Crippen molar-refractivity contribution in [1.82, 2.24) is 15.4 Å². The Kier molecular flexibility index (Phi) is 3.79. The monoisotopic (exact) mass is 373 g/mol. The number of nitrogens with one attached hydrogen (secondary N) is 1. The number of carbonyl (C=O) groups excluding carboxylic acids is 2. The van der Waals surface area contributed by atoms with Crippen molar-refractivity contribution >= 4 is 11.9 Å². The predicted octanol–water partition coefficient (Wildman–Crippen LogP) is 3.63. The summed E-state index contributed by atoms with van der Waals surface area (Å²) in [5.41, 5.74) is 2.52. The number of carbonyl (C=O) groups is 2. The van der Waals surface area contributed by atoms with Crippen molar-refractivity contribution in [2.24, 2.45) is 0 Å². The van der Waals surface area contributed by atoms with Crippen molar-refractivity contribution in [2.45, 2.75) is 31.3 Å². The van der Waals surface area contributed by atoms with Crippen LogP contribution < -0.4 is 5.32 Å². The number of amides is 3. The van der Waals surface area contributed by atoms with Crippen molar-refractivity contribution in [3.05, 3.63) is 77.5 Å². The number of fused-ring (bicyclic) bond motifs is 2. The molecule has 5 rings (SSSR count). The van der Waals surface area contributed by atoms with Crippen LogP contribution in [0.3, 0.4) is 0 Å². The molecule has 1 aromatic heterocycles. The van der Waals surface area contributed by atoms with E-state index in [0.29, 0.717) is 17.9 Å². The second kappa shape index (κ2) is 6.34. The van der Waals surface area contributed by atoms with Crippen LogP contribution in [0, 0.1) is 0 Å². The minimum Gasteiger partial charge on any atom is -0.356 e. The fraction of sp³-hybridized carbons (Fsp3) is 0.227. The fourth-order valence-electron chi connectivity index (χ4n) is 4.24. The molecule has 6 heteroatoms. The van der Waals surface area contributed by atoms with Gasteiger partial charge in [-0.2, -0.15) is 0 Å². The summed E-state index contributed by atoms with van der Waals surface area (Å²) >= 11 is 0. The first-order chi connectivity index (χ1) is 13.7. The van der Waals surface area contributed by atoms with Crippen LogP contribution in [0.1, 0.15) is 29.7 Å². The minimum atomic E-state index is -0.960. The zero-order valence-electron chi connectivity index (χ0n) is 15.2. The van der Waals surface area contributed by atoms with E-state index in [1.165, 1.54) is 4.90 Å². The smallest absolute Gasteiger partial charge is 0.325 e. The highest BCUT2D eigenvalue weighted by atomic mass is 16.5. The maximum Gasteiger partial charge on any atom is 0.325 e. The maximum absolute atomic E-state index is 13.3. The topological polar surface area (TPSA) is 75.4 Å². The highest BCUT2D eigenvalue weighted by molar-refractivity contribution is 6.07. The molecule has 2 aromatic carbocycles. The van der Waals surface area contributed by atoms with Gasteiger partial charge in [0.15, 0.2) is 5.76 Å². The van der Waals surface area contributed by atoms with Crippen molar-refractivity contribution in [3.8, 4) is 11.3 Å². The molecular weight excluding hydrogens is 354 g/mol. The van der Waals surface area contributed by atoms with E-state index in [1.54, 1.807) is 6.07 Å². The predicted molar refractivity (Wildman–Crippen MR) is 102 cm³/mol. The summed E-state index contributed by atoms with van der Waals surface area (Å²) in [6.07, 6.45) is 2.39. The van der Waals surface area contributed by atoms with Crippen LogP contribution in [0.5, 0.6) is 0 Å². The summed E-state index contributed by atoms with van der Waals surface area (Å²) in [6.45, 7) is 0.0882. The first kappa shape index (κ1) is 16.7. The number of nitrogens with zero attached hydrogens (tertiary/aromatic N) is 2. The van der Waals surface area contributed by atoms with Gasteiger partial charge in [-0.25, -0.2) is 4.79 Å². The van der Waals surface area contributed by atoms with Gasteiger partial charge in [-0.1, -0.05) is 59.8 Å². The van der Waals surface area contributed by atoms with Crippen LogP contribution in [0.4, 0.5) is 4.79 Å². The molecule has 1 saturated heterocycles. The average Bonchev–Trinajstić information content (AvgIpc) is 3.29. The number of aryl methyl sites for hydroxylation is 1. The van der Waals surface area contributed by atoms with Crippen LogP contribution in [0.25, 0.3) is 11.3 Å². The zero-order valence-corrected chi connectivity index (χ0v) is 15.2. The molecule has 28 heavy (non-hydrogen) atoms. The number of imide groups is 1. The first-order valence-electron chi connectivity index (χ1n) is 9.41. The Bertz CT molecular complexity index is 1060. The van der Waals surface area contributed by atoms with E-state index in [4.69, 9.17) is 4.52 Å². The summed E-state index contributed by atoms with van der Waals surface area (Å²) in [4.78, 5) is 27.3. The molecule has 1 aliphatic heterocycles. The second-order valence-electron chi connectivity index (χ2n) is 7.29. The Hall–Kier alpha value is -3.41. The van der Waals surface area contributed by atoms with E-state index in [2.05, 4.69) is 10.5 Å². The van der Waals surface area contributed by atoms with Crippen molar-refractivity contribution in [1.29, 1.82) is 0 Å². The van der Waals surface area contributed by atoms with Crippen molar-refractivity contribution < 1.29 is 14.1 Å². The molecule has 2 heterocycles. The molecular formula is C22H19N3O3. The molecule has 1 spiro atoms. The number of benzene rings is 2. The van der Waals surface area contributed by atoms with E-state index in [9.17, 15) is 9.59 Å². The van der Waals surface area contributed by atoms with Gasteiger partial charge >= 0.3 is 6.03 Å². The lowest BCUT2D eigenvalue weighted by atomic mass is 9.76. The second-order valence-corrected chi connectivity index (χ2v) is 7.29. The molecule has 1 N–H and O–H groups in total. The summed E-state index contributed by atoms with van der Waals surface area (Å²) in [6, 6.07) is 18.9. The van der Waals surface area contributed by atoms with Crippen molar-refractivity contribution in [3.63, 3.8) is 0 Å². The Morgan fingerprint density at radius 2 is 1.86 bits per heavy atom. The van der Waals surface area contributed by atoms with E-state index in [1.807, 2.05) is 54.6 Å². The summed E-state index contributed by atoms with van der Waals surface area (Å²) in [7, 11) is 0. The quantitative estimate of drug-likeness (QED) is 0.712. The van der Waals surface area contributed by atoms with Gasteiger partial charge in [0.25, 0.3) is 5.91 Å². The van der Waals surface area contributed by atoms with Crippen LogP contribution in [0.15, 0.2) is 65.2 Å². The van der Waals surface area contributed by atoms with E-state index < -0.39 is 5.54 Å². The highest BCUT2D eigenvalue weighted by Crippen LogP contribution is 2.40. The molecule has 6 nitrogen and oxygen atoms in total. The molecule has 2 aliphatic rings. The maximum atomic E-state index is 13.3. The molecule has 140 valence electrons. The van der Waals surface area contributed by atoms with Gasteiger partial charge in [0.2, 0.25) is 0 Å². The highest BCUT2D eigenvalue weighted by Gasteiger charge is 2.53. The van der Waals surface area contributed by atoms with E-state index in [-0.39, 0.29) is 18.5 Å². The van der Waals surface area contributed by atoms with Crippen LogP contribution >= 0.6 is 0 Å². The Labute approximate surface area is 162 Å². The molecule has 0 radical (unpaired) electrons. The van der Waals surface area contributed by atoms with Crippen molar-refractivity contribution in [2.75, 3.05) is 0 Å². The molecule has 1 aliphatic carbocycles. The third kappa shape index (κ3) is 2.52. The number of hydrogen-bond acceptors (Lipinski definition) is 4. The van der Waals surface area contributed by atoms with Crippen LogP contribution in [0.2, 0.25) is 0 Å². The third-order valence-electron chi connectivity index (χ3n) is 5.59. The van der Waals surface area contributed by atoms with Gasteiger partial charge in [-0.05, 0) is 30.4 Å². The standard InChI is InChI=1S/C22H19N3O3/c26-20-22(12-6-10-15-7-4-5-11-18(15)22)23-21(27)25(20)14-17-13-19(28-24-17)16-8-2-1-3-9-16/h1-5,7-9,11,13H,6,10,12,14H2,(H,23,27)/t22-/m1/s1. The molecule has 1 fully saturated rings. The number of aromatic nitrogens is 1. The summed E-state index contributed by atoms with van der Waals surface area (Å²) < 4.78 is 5.41. The summed E-state index contributed by atoms with van der Waals surface area (Å²) in [5.74, 6) is 0.397. The average molecular weight is 373 g/mol. The Morgan fingerprint density at radius 1 is 1.07 bits per heavy atom. The SMILES string of the molecule is O=C1N[C@@]2(CCCc3ccccc32)C(=O)N1Cc1cc(-c2ccccc2)on1. The minimum absolute atomic E-state index is 0.0882. The molecule has 0 bridgehead atoms.